The smallest absolute Gasteiger partial charge is 0.191 e. The van der Waals surface area contributed by atoms with Crippen molar-refractivity contribution in [3.63, 3.8) is 0 Å². The fourth-order valence-electron chi connectivity index (χ4n) is 2.49. The minimum atomic E-state index is -0.182. The molecule has 1 aromatic rings. The topological polar surface area (TPSA) is 45.7 Å². The first-order valence-corrected chi connectivity index (χ1v) is 7.50. The standard InChI is InChI=1S/C16H24FN3O.HI/c1-12-10-14(17)6-5-13(12)7-8-19-16(18-2)20-11-15-4-3-9-21-15;/h5-6,10,15H,3-4,7-9,11H2,1-2H3,(H2,18,19,20);1H. The van der Waals surface area contributed by atoms with Gasteiger partial charge in [-0.05, 0) is 49.4 Å². The lowest BCUT2D eigenvalue weighted by atomic mass is 10.1. The molecule has 1 heterocycles. The van der Waals surface area contributed by atoms with Gasteiger partial charge in [0.05, 0.1) is 6.10 Å². The second kappa shape index (κ2) is 9.99. The number of aliphatic imine (C=N–C) groups is 1. The number of halogens is 2. The third kappa shape index (κ3) is 6.08. The Hall–Kier alpha value is -0.890. The van der Waals surface area contributed by atoms with Crippen molar-refractivity contribution in [3.05, 3.63) is 35.1 Å². The number of ether oxygens (including phenoxy) is 1. The number of hydrogen-bond acceptors (Lipinski definition) is 2. The van der Waals surface area contributed by atoms with Crippen molar-refractivity contribution in [3.8, 4) is 0 Å². The van der Waals surface area contributed by atoms with Crippen LogP contribution in [0.15, 0.2) is 23.2 Å². The van der Waals surface area contributed by atoms with Crippen molar-refractivity contribution in [1.29, 1.82) is 0 Å². The summed E-state index contributed by atoms with van der Waals surface area (Å²) < 4.78 is 18.6. The number of hydrogen-bond donors (Lipinski definition) is 2. The van der Waals surface area contributed by atoms with Crippen LogP contribution in [0.5, 0.6) is 0 Å². The van der Waals surface area contributed by atoms with E-state index in [0.29, 0.717) is 6.10 Å². The number of benzene rings is 1. The predicted molar refractivity (Wildman–Crippen MR) is 98.6 cm³/mol. The van der Waals surface area contributed by atoms with E-state index in [4.69, 9.17) is 4.74 Å². The zero-order valence-electron chi connectivity index (χ0n) is 13.2. The normalized spacial score (nSPS) is 18.0. The molecule has 0 amide bonds. The summed E-state index contributed by atoms with van der Waals surface area (Å²) in [5.74, 6) is 0.600. The minimum Gasteiger partial charge on any atom is -0.376 e. The molecule has 1 fully saturated rings. The summed E-state index contributed by atoms with van der Waals surface area (Å²) in [6, 6.07) is 4.92. The summed E-state index contributed by atoms with van der Waals surface area (Å²) in [4.78, 5) is 4.20. The van der Waals surface area contributed by atoms with Gasteiger partial charge in [-0.15, -0.1) is 24.0 Å². The van der Waals surface area contributed by atoms with Gasteiger partial charge in [-0.2, -0.15) is 0 Å². The molecule has 1 atom stereocenters. The van der Waals surface area contributed by atoms with Crippen LogP contribution < -0.4 is 10.6 Å². The van der Waals surface area contributed by atoms with Crippen LogP contribution in [0.4, 0.5) is 4.39 Å². The lowest BCUT2D eigenvalue weighted by molar-refractivity contribution is 0.114. The molecule has 4 nitrogen and oxygen atoms in total. The fourth-order valence-corrected chi connectivity index (χ4v) is 2.49. The molecule has 0 radical (unpaired) electrons. The molecule has 0 aromatic heterocycles. The third-order valence-electron chi connectivity index (χ3n) is 3.74. The van der Waals surface area contributed by atoms with E-state index in [9.17, 15) is 4.39 Å². The minimum absolute atomic E-state index is 0. The maximum atomic E-state index is 13.0. The number of nitrogens with zero attached hydrogens (tertiary/aromatic N) is 1. The van der Waals surface area contributed by atoms with Crippen LogP contribution >= 0.6 is 24.0 Å². The summed E-state index contributed by atoms with van der Waals surface area (Å²) in [6.07, 6.45) is 3.39. The van der Waals surface area contributed by atoms with Gasteiger partial charge in [0, 0.05) is 26.7 Å². The summed E-state index contributed by atoms with van der Waals surface area (Å²) in [6.45, 7) is 4.35. The van der Waals surface area contributed by atoms with Crippen molar-refractivity contribution >= 4 is 29.9 Å². The van der Waals surface area contributed by atoms with Crippen LogP contribution in [-0.2, 0) is 11.2 Å². The maximum absolute atomic E-state index is 13.0. The summed E-state index contributed by atoms with van der Waals surface area (Å²) in [5.41, 5.74) is 2.14. The maximum Gasteiger partial charge on any atom is 0.191 e. The van der Waals surface area contributed by atoms with Crippen LogP contribution in [0, 0.1) is 12.7 Å². The van der Waals surface area contributed by atoms with Crippen LogP contribution in [0.2, 0.25) is 0 Å². The summed E-state index contributed by atoms with van der Waals surface area (Å²) >= 11 is 0. The van der Waals surface area contributed by atoms with E-state index in [1.165, 1.54) is 6.07 Å². The molecule has 1 saturated heterocycles. The van der Waals surface area contributed by atoms with Crippen molar-refractivity contribution < 1.29 is 9.13 Å². The Labute approximate surface area is 148 Å². The number of nitrogens with one attached hydrogen (secondary N) is 2. The van der Waals surface area contributed by atoms with Crippen molar-refractivity contribution in [2.45, 2.75) is 32.3 Å². The molecule has 6 heteroatoms. The fraction of sp³-hybridized carbons (Fsp3) is 0.562. The molecular weight excluding hydrogens is 396 g/mol. The average molecular weight is 421 g/mol. The Morgan fingerprint density at radius 1 is 1.41 bits per heavy atom. The predicted octanol–water partition coefficient (Wildman–Crippen LogP) is 2.64. The van der Waals surface area contributed by atoms with E-state index in [1.54, 1.807) is 13.1 Å². The first-order valence-electron chi connectivity index (χ1n) is 7.50. The van der Waals surface area contributed by atoms with E-state index in [1.807, 2.05) is 13.0 Å². The van der Waals surface area contributed by atoms with Crippen molar-refractivity contribution in [2.75, 3.05) is 26.7 Å². The highest BCUT2D eigenvalue weighted by Gasteiger charge is 2.15. The molecule has 2 N–H and O–H groups in total. The Morgan fingerprint density at radius 3 is 2.86 bits per heavy atom. The first-order chi connectivity index (χ1) is 10.2. The summed E-state index contributed by atoms with van der Waals surface area (Å²) in [7, 11) is 1.76. The molecule has 0 aliphatic carbocycles. The highest BCUT2D eigenvalue weighted by Crippen LogP contribution is 2.11. The summed E-state index contributed by atoms with van der Waals surface area (Å²) in [5, 5.41) is 6.55. The van der Waals surface area contributed by atoms with Crippen molar-refractivity contribution in [1.82, 2.24) is 10.6 Å². The molecule has 2 rings (SSSR count). The highest BCUT2D eigenvalue weighted by atomic mass is 127. The zero-order valence-corrected chi connectivity index (χ0v) is 15.5. The first kappa shape index (κ1) is 19.2. The van der Waals surface area contributed by atoms with E-state index >= 15 is 0 Å². The van der Waals surface area contributed by atoms with Gasteiger partial charge in [-0.3, -0.25) is 4.99 Å². The number of rotatable bonds is 5. The van der Waals surface area contributed by atoms with Gasteiger partial charge in [0.25, 0.3) is 0 Å². The molecule has 1 aromatic carbocycles. The molecule has 0 saturated carbocycles. The van der Waals surface area contributed by atoms with Gasteiger partial charge < -0.3 is 15.4 Å². The monoisotopic (exact) mass is 421 g/mol. The van der Waals surface area contributed by atoms with E-state index in [0.717, 1.165) is 56.0 Å². The molecule has 0 spiro atoms. The molecule has 1 unspecified atom stereocenters. The highest BCUT2D eigenvalue weighted by molar-refractivity contribution is 14.0. The molecule has 1 aliphatic rings. The van der Waals surface area contributed by atoms with Gasteiger partial charge >= 0.3 is 0 Å². The Bertz CT molecular complexity index is 490. The van der Waals surface area contributed by atoms with Crippen molar-refractivity contribution in [2.24, 2.45) is 4.99 Å². The largest absolute Gasteiger partial charge is 0.376 e. The van der Waals surface area contributed by atoms with E-state index in [2.05, 4.69) is 15.6 Å². The van der Waals surface area contributed by atoms with E-state index < -0.39 is 0 Å². The molecule has 124 valence electrons. The third-order valence-corrected chi connectivity index (χ3v) is 3.74. The van der Waals surface area contributed by atoms with Gasteiger partial charge in [-0.25, -0.2) is 4.39 Å². The van der Waals surface area contributed by atoms with Crippen LogP contribution in [-0.4, -0.2) is 38.8 Å². The Balaban J connectivity index is 0.00000242. The van der Waals surface area contributed by atoms with Gasteiger partial charge in [0.1, 0.15) is 5.82 Å². The lowest BCUT2D eigenvalue weighted by Gasteiger charge is -2.15. The lowest BCUT2D eigenvalue weighted by Crippen LogP contribution is -2.41. The second-order valence-corrected chi connectivity index (χ2v) is 5.34. The number of aryl methyl sites for hydroxylation is 1. The average Bonchev–Trinajstić information content (AvgIpc) is 2.98. The van der Waals surface area contributed by atoms with Gasteiger partial charge in [0.15, 0.2) is 5.96 Å². The van der Waals surface area contributed by atoms with Crippen LogP contribution in [0.3, 0.4) is 0 Å². The second-order valence-electron chi connectivity index (χ2n) is 5.34. The Kier molecular flexibility index (Phi) is 8.70. The number of guanidine groups is 1. The molecular formula is C16H25FIN3O. The van der Waals surface area contributed by atoms with Gasteiger partial charge in [0.2, 0.25) is 0 Å². The van der Waals surface area contributed by atoms with Gasteiger partial charge in [-0.1, -0.05) is 6.07 Å². The molecule has 1 aliphatic heterocycles. The molecule has 22 heavy (non-hydrogen) atoms. The Morgan fingerprint density at radius 2 is 2.23 bits per heavy atom. The van der Waals surface area contributed by atoms with Crippen LogP contribution in [0.25, 0.3) is 0 Å². The quantitative estimate of drug-likeness (QED) is 0.437. The zero-order chi connectivity index (χ0) is 15.1. The van der Waals surface area contributed by atoms with Crippen LogP contribution in [0.1, 0.15) is 24.0 Å². The molecule has 0 bridgehead atoms. The van der Waals surface area contributed by atoms with E-state index in [-0.39, 0.29) is 29.8 Å². The SMILES string of the molecule is CN=C(NCCc1ccc(F)cc1C)NCC1CCCO1.I.